The number of carbonyl (C=O) groups is 1. The second-order valence-electron chi connectivity index (χ2n) is 5.68. The molecule has 0 unspecified atom stereocenters. The second-order valence-corrected chi connectivity index (χ2v) is 7.97. The smallest absolute Gasteiger partial charge is 0.269 e. The summed E-state index contributed by atoms with van der Waals surface area (Å²) in [5, 5.41) is 6.68. The van der Waals surface area contributed by atoms with Crippen molar-refractivity contribution in [3.8, 4) is 21.8 Å². The maximum absolute atomic E-state index is 12.7. The number of rotatable bonds is 4. The Morgan fingerprint density at radius 2 is 2.00 bits per heavy atom. The number of pyridine rings is 1. The number of hydrogen-bond donors (Lipinski definition) is 1. The first kappa shape index (κ1) is 17.8. The molecule has 1 amide bonds. The van der Waals surface area contributed by atoms with Crippen molar-refractivity contribution in [2.75, 3.05) is 5.32 Å². The summed E-state index contributed by atoms with van der Waals surface area (Å²) in [4.78, 5) is 26.3. The Kier molecular flexibility index (Phi) is 4.98. The quantitative estimate of drug-likeness (QED) is 0.477. The highest BCUT2D eigenvalue weighted by Crippen LogP contribution is 2.31. The van der Waals surface area contributed by atoms with Gasteiger partial charge in [0.05, 0.1) is 11.4 Å². The topological polar surface area (TPSA) is 67.8 Å². The van der Waals surface area contributed by atoms with Gasteiger partial charge in [-0.2, -0.15) is 0 Å². The lowest BCUT2D eigenvalue weighted by atomic mass is 10.2. The first-order valence-corrected chi connectivity index (χ1v) is 10.1. The Hall–Kier alpha value is -2.61. The molecule has 0 aliphatic rings. The highest BCUT2D eigenvalue weighted by molar-refractivity contribution is 7.17. The van der Waals surface area contributed by atoms with Crippen molar-refractivity contribution in [1.29, 1.82) is 0 Å². The van der Waals surface area contributed by atoms with E-state index in [0.717, 1.165) is 21.8 Å². The molecule has 3 heterocycles. The van der Waals surface area contributed by atoms with E-state index < -0.39 is 0 Å². The number of halogens is 1. The van der Waals surface area contributed by atoms with E-state index in [2.05, 4.69) is 20.3 Å². The van der Waals surface area contributed by atoms with E-state index in [-0.39, 0.29) is 5.91 Å². The van der Waals surface area contributed by atoms with Crippen LogP contribution in [-0.2, 0) is 0 Å². The molecule has 4 rings (SSSR count). The molecule has 0 bridgehead atoms. The summed E-state index contributed by atoms with van der Waals surface area (Å²) in [6.45, 7) is 1.82. The molecular weight excluding hydrogens is 400 g/mol. The van der Waals surface area contributed by atoms with Crippen LogP contribution in [0.15, 0.2) is 54.2 Å². The van der Waals surface area contributed by atoms with Gasteiger partial charge in [-0.1, -0.05) is 23.7 Å². The number of thiazole rings is 2. The molecule has 0 fully saturated rings. The van der Waals surface area contributed by atoms with Crippen molar-refractivity contribution in [3.63, 3.8) is 0 Å². The minimum Gasteiger partial charge on any atom is -0.297 e. The molecule has 5 nitrogen and oxygen atoms in total. The van der Waals surface area contributed by atoms with Gasteiger partial charge in [0.25, 0.3) is 5.91 Å². The summed E-state index contributed by atoms with van der Waals surface area (Å²) in [7, 11) is 0. The third-order valence-corrected chi connectivity index (χ3v) is 5.95. The van der Waals surface area contributed by atoms with Gasteiger partial charge in [0.2, 0.25) is 0 Å². The summed E-state index contributed by atoms with van der Waals surface area (Å²) in [6, 6.07) is 11.2. The van der Waals surface area contributed by atoms with Crippen LogP contribution in [0.3, 0.4) is 0 Å². The number of amides is 1. The van der Waals surface area contributed by atoms with Crippen LogP contribution < -0.4 is 5.32 Å². The van der Waals surface area contributed by atoms with E-state index >= 15 is 0 Å². The van der Waals surface area contributed by atoms with Gasteiger partial charge < -0.3 is 0 Å². The number of nitrogens with zero attached hydrogens (tertiary/aromatic N) is 3. The molecule has 8 heteroatoms. The predicted octanol–water partition coefficient (Wildman–Crippen LogP) is 5.54. The van der Waals surface area contributed by atoms with Gasteiger partial charge in [-0.05, 0) is 31.2 Å². The van der Waals surface area contributed by atoms with Gasteiger partial charge in [0.1, 0.15) is 9.88 Å². The van der Waals surface area contributed by atoms with E-state index in [9.17, 15) is 4.79 Å². The van der Waals surface area contributed by atoms with Crippen LogP contribution in [0.2, 0.25) is 5.02 Å². The highest BCUT2D eigenvalue weighted by atomic mass is 35.5. The number of aryl methyl sites for hydroxylation is 1. The minimum absolute atomic E-state index is 0.217. The summed E-state index contributed by atoms with van der Waals surface area (Å²) in [6.07, 6.45) is 3.45. The zero-order valence-corrected chi connectivity index (χ0v) is 16.5. The van der Waals surface area contributed by atoms with Crippen molar-refractivity contribution in [1.82, 2.24) is 15.0 Å². The van der Waals surface area contributed by atoms with E-state index in [1.54, 1.807) is 18.5 Å². The number of hydrogen-bond acceptors (Lipinski definition) is 6. The van der Waals surface area contributed by atoms with Gasteiger partial charge in [0.15, 0.2) is 5.13 Å². The molecule has 0 spiro atoms. The van der Waals surface area contributed by atoms with Crippen molar-refractivity contribution in [2.45, 2.75) is 6.92 Å². The Balaban J connectivity index is 1.55. The van der Waals surface area contributed by atoms with Crippen molar-refractivity contribution < 1.29 is 4.79 Å². The standard InChI is InChI=1S/C19H13ClN4OS2/c1-11-16(27-18(22-11)12-4-2-6-14(20)8-12)17(25)24-19-23-15(10-26-19)13-5-3-7-21-9-13/h2-10H,1H3,(H,23,24,25). The van der Waals surface area contributed by atoms with Gasteiger partial charge in [0, 0.05) is 33.9 Å². The summed E-state index contributed by atoms with van der Waals surface area (Å²) in [5.41, 5.74) is 3.26. The normalized spacial score (nSPS) is 10.7. The van der Waals surface area contributed by atoms with Crippen LogP contribution >= 0.6 is 34.3 Å². The highest BCUT2D eigenvalue weighted by Gasteiger charge is 2.18. The van der Waals surface area contributed by atoms with Crippen LogP contribution in [0, 0.1) is 6.92 Å². The number of carbonyl (C=O) groups excluding carboxylic acids is 1. The maximum atomic E-state index is 12.7. The zero-order chi connectivity index (χ0) is 18.8. The molecule has 0 aliphatic heterocycles. The lowest BCUT2D eigenvalue weighted by Crippen LogP contribution is -2.11. The Morgan fingerprint density at radius 3 is 2.78 bits per heavy atom. The van der Waals surface area contributed by atoms with Crippen LogP contribution in [0.25, 0.3) is 21.8 Å². The van der Waals surface area contributed by atoms with Crippen LogP contribution in [0.1, 0.15) is 15.4 Å². The average Bonchev–Trinajstić information content (AvgIpc) is 3.29. The van der Waals surface area contributed by atoms with E-state index in [1.165, 1.54) is 22.7 Å². The number of aromatic nitrogens is 3. The van der Waals surface area contributed by atoms with E-state index in [4.69, 9.17) is 11.6 Å². The first-order valence-electron chi connectivity index (χ1n) is 8.01. The fourth-order valence-electron chi connectivity index (χ4n) is 2.48. The molecule has 4 aromatic rings. The molecule has 0 radical (unpaired) electrons. The van der Waals surface area contributed by atoms with Crippen LogP contribution in [-0.4, -0.2) is 20.9 Å². The molecule has 0 atom stereocenters. The maximum Gasteiger partial charge on any atom is 0.269 e. The SMILES string of the molecule is Cc1nc(-c2cccc(Cl)c2)sc1C(=O)Nc1nc(-c2cccnc2)cs1. The Bertz CT molecular complexity index is 1110. The van der Waals surface area contributed by atoms with Gasteiger partial charge >= 0.3 is 0 Å². The minimum atomic E-state index is -0.217. The number of nitrogens with one attached hydrogen (secondary N) is 1. The lowest BCUT2D eigenvalue weighted by Gasteiger charge is -1.99. The molecule has 1 N–H and O–H groups in total. The van der Waals surface area contributed by atoms with Crippen molar-refractivity contribution in [2.24, 2.45) is 0 Å². The molecule has 0 saturated heterocycles. The van der Waals surface area contributed by atoms with Gasteiger partial charge in [-0.3, -0.25) is 15.1 Å². The predicted molar refractivity (Wildman–Crippen MR) is 111 cm³/mol. The Labute approximate surface area is 168 Å². The van der Waals surface area contributed by atoms with E-state index in [0.29, 0.717) is 20.7 Å². The molecule has 27 heavy (non-hydrogen) atoms. The van der Waals surface area contributed by atoms with Crippen molar-refractivity contribution >= 4 is 45.3 Å². The monoisotopic (exact) mass is 412 g/mol. The van der Waals surface area contributed by atoms with Gasteiger partial charge in [-0.25, -0.2) is 9.97 Å². The average molecular weight is 413 g/mol. The summed E-state index contributed by atoms with van der Waals surface area (Å²) >= 11 is 8.76. The third kappa shape index (κ3) is 3.90. The molecular formula is C19H13ClN4OS2. The second kappa shape index (κ2) is 7.56. The fourth-order valence-corrected chi connectivity index (χ4v) is 4.35. The summed E-state index contributed by atoms with van der Waals surface area (Å²) in [5.74, 6) is -0.217. The van der Waals surface area contributed by atoms with Gasteiger partial charge in [-0.15, -0.1) is 22.7 Å². The number of anilines is 1. The number of benzene rings is 1. The van der Waals surface area contributed by atoms with Crippen molar-refractivity contribution in [3.05, 3.63) is 69.8 Å². The lowest BCUT2D eigenvalue weighted by molar-refractivity contribution is 0.103. The Morgan fingerprint density at radius 1 is 1.15 bits per heavy atom. The summed E-state index contributed by atoms with van der Waals surface area (Å²) < 4.78 is 0. The molecule has 0 saturated carbocycles. The largest absolute Gasteiger partial charge is 0.297 e. The fraction of sp³-hybridized carbons (Fsp3) is 0.0526. The molecule has 134 valence electrons. The van der Waals surface area contributed by atoms with Crippen LogP contribution in [0.5, 0.6) is 0 Å². The first-order chi connectivity index (χ1) is 13.1. The zero-order valence-electron chi connectivity index (χ0n) is 14.1. The third-order valence-electron chi connectivity index (χ3n) is 3.76. The molecule has 3 aromatic heterocycles. The van der Waals surface area contributed by atoms with E-state index in [1.807, 2.05) is 42.6 Å². The van der Waals surface area contributed by atoms with Crippen LogP contribution in [0.4, 0.5) is 5.13 Å². The molecule has 1 aromatic carbocycles. The molecule has 0 aliphatic carbocycles.